The number of carbonyl (C=O) groups is 1. The van der Waals surface area contributed by atoms with Crippen molar-refractivity contribution >= 4 is 23.2 Å². The summed E-state index contributed by atoms with van der Waals surface area (Å²) in [5.74, 6) is 0.468. The molecule has 2 aromatic rings. The largest absolute Gasteiger partial charge is 0.355 e. The van der Waals surface area contributed by atoms with E-state index in [9.17, 15) is 4.79 Å². The molecule has 0 saturated heterocycles. The second-order valence-corrected chi connectivity index (χ2v) is 5.77. The molecule has 0 atom stereocenters. The summed E-state index contributed by atoms with van der Waals surface area (Å²) in [4.78, 5) is 16.0. The molecule has 0 saturated carbocycles. The smallest absolute Gasteiger partial charge is 0.251 e. The van der Waals surface area contributed by atoms with Gasteiger partial charge in [0.1, 0.15) is 5.84 Å². The molecule has 0 aliphatic heterocycles. The summed E-state index contributed by atoms with van der Waals surface area (Å²) in [5, 5.41) is 22.1. The van der Waals surface area contributed by atoms with Crippen molar-refractivity contribution < 1.29 is 4.79 Å². The van der Waals surface area contributed by atoms with Crippen LogP contribution in [0.15, 0.2) is 30.6 Å². The maximum Gasteiger partial charge on any atom is 0.251 e. The maximum atomic E-state index is 11.8. The second-order valence-electron chi connectivity index (χ2n) is 5.77. The van der Waals surface area contributed by atoms with Crippen LogP contribution < -0.4 is 16.1 Å². The van der Waals surface area contributed by atoms with Crippen LogP contribution in [0.1, 0.15) is 29.8 Å². The van der Waals surface area contributed by atoms with Crippen molar-refractivity contribution in [3.8, 4) is 0 Å². The zero-order chi connectivity index (χ0) is 17.9. The SMILES string of the molecule is CNC(=O)c1ccc(C)c(Nc2nccn(C(=N)C(C)C)c2=N)c1. The minimum atomic E-state index is -0.179. The molecule has 0 spiro atoms. The van der Waals surface area contributed by atoms with Crippen LogP contribution in [-0.2, 0) is 0 Å². The number of amides is 1. The third-order valence-corrected chi connectivity index (χ3v) is 3.67. The Labute approximate surface area is 140 Å². The lowest BCUT2D eigenvalue weighted by Gasteiger charge is -2.15. The minimum absolute atomic E-state index is 0.00679. The Bertz CT molecular complexity index is 837. The van der Waals surface area contributed by atoms with E-state index in [2.05, 4.69) is 15.6 Å². The molecule has 126 valence electrons. The number of rotatable bonds is 4. The van der Waals surface area contributed by atoms with E-state index < -0.39 is 0 Å². The van der Waals surface area contributed by atoms with Crippen molar-refractivity contribution in [1.29, 1.82) is 10.8 Å². The van der Waals surface area contributed by atoms with Gasteiger partial charge in [-0.2, -0.15) is 0 Å². The second kappa shape index (κ2) is 7.08. The highest BCUT2D eigenvalue weighted by Gasteiger charge is 2.11. The summed E-state index contributed by atoms with van der Waals surface area (Å²) >= 11 is 0. The first-order valence-electron chi connectivity index (χ1n) is 7.66. The predicted molar refractivity (Wildman–Crippen MR) is 93.9 cm³/mol. The van der Waals surface area contributed by atoms with Gasteiger partial charge in [0.25, 0.3) is 5.91 Å². The van der Waals surface area contributed by atoms with Crippen LogP contribution in [0.3, 0.4) is 0 Å². The van der Waals surface area contributed by atoms with E-state index >= 15 is 0 Å². The summed E-state index contributed by atoms with van der Waals surface area (Å²) in [6.07, 6.45) is 3.15. The lowest BCUT2D eigenvalue weighted by molar-refractivity contribution is 0.0963. The van der Waals surface area contributed by atoms with Crippen LogP contribution in [0.5, 0.6) is 0 Å². The molecule has 1 aromatic heterocycles. The summed E-state index contributed by atoms with van der Waals surface area (Å²) in [6.45, 7) is 5.71. The van der Waals surface area contributed by atoms with Gasteiger partial charge in [0.2, 0.25) is 0 Å². The van der Waals surface area contributed by atoms with Gasteiger partial charge in [-0.05, 0) is 24.6 Å². The molecule has 0 radical (unpaired) electrons. The number of benzene rings is 1. The Balaban J connectivity index is 2.42. The molecule has 1 amide bonds. The Kier molecular flexibility index (Phi) is 5.13. The van der Waals surface area contributed by atoms with Gasteiger partial charge in [0.15, 0.2) is 11.3 Å². The van der Waals surface area contributed by atoms with E-state index in [4.69, 9.17) is 10.8 Å². The lowest BCUT2D eigenvalue weighted by atomic mass is 10.1. The molecule has 0 fully saturated rings. The zero-order valence-electron chi connectivity index (χ0n) is 14.3. The average molecular weight is 326 g/mol. The zero-order valence-corrected chi connectivity index (χ0v) is 14.3. The number of aryl methyl sites for hydroxylation is 1. The summed E-state index contributed by atoms with van der Waals surface area (Å²) in [7, 11) is 1.58. The third-order valence-electron chi connectivity index (χ3n) is 3.67. The normalized spacial score (nSPS) is 10.5. The fourth-order valence-electron chi connectivity index (χ4n) is 2.16. The van der Waals surface area contributed by atoms with Crippen molar-refractivity contribution in [3.05, 3.63) is 47.2 Å². The molecular weight excluding hydrogens is 304 g/mol. The van der Waals surface area contributed by atoms with Gasteiger partial charge in [-0.1, -0.05) is 19.9 Å². The van der Waals surface area contributed by atoms with E-state index in [0.717, 1.165) is 5.56 Å². The number of nitrogens with one attached hydrogen (secondary N) is 4. The first-order chi connectivity index (χ1) is 11.3. The number of carbonyl (C=O) groups excluding carboxylic acids is 1. The van der Waals surface area contributed by atoms with Gasteiger partial charge < -0.3 is 10.6 Å². The number of anilines is 2. The lowest BCUT2D eigenvalue weighted by Crippen LogP contribution is -2.31. The monoisotopic (exact) mass is 326 g/mol. The quantitative estimate of drug-likeness (QED) is 0.511. The molecule has 1 aromatic carbocycles. The molecule has 0 bridgehead atoms. The summed E-state index contributed by atoms with van der Waals surface area (Å²) in [5.41, 5.74) is 2.25. The van der Waals surface area contributed by atoms with Gasteiger partial charge in [0.05, 0.1) is 0 Å². The average Bonchev–Trinajstić information content (AvgIpc) is 2.57. The highest BCUT2D eigenvalue weighted by molar-refractivity contribution is 5.95. The van der Waals surface area contributed by atoms with E-state index in [1.807, 2.05) is 26.8 Å². The maximum absolute atomic E-state index is 11.8. The standard InChI is InChI=1S/C17H22N6O/c1-10(2)14(18)23-8-7-21-16(15(23)19)22-13-9-12(17(24)20-4)6-5-11(13)3/h5-10,18-19H,1-4H3,(H,20,24)(H,21,22). The van der Waals surface area contributed by atoms with Crippen LogP contribution in [0, 0.1) is 23.7 Å². The number of nitrogens with zero attached hydrogens (tertiary/aromatic N) is 2. The highest BCUT2D eigenvalue weighted by Crippen LogP contribution is 2.19. The molecule has 1 heterocycles. The molecule has 0 unspecified atom stereocenters. The van der Waals surface area contributed by atoms with Crippen molar-refractivity contribution in [2.45, 2.75) is 20.8 Å². The first kappa shape index (κ1) is 17.4. The van der Waals surface area contributed by atoms with Gasteiger partial charge >= 0.3 is 0 Å². The molecule has 7 nitrogen and oxygen atoms in total. The van der Waals surface area contributed by atoms with Gasteiger partial charge in [-0.15, -0.1) is 0 Å². The number of hydrogen-bond donors (Lipinski definition) is 4. The molecular formula is C17H22N6O. The fraction of sp³-hybridized carbons (Fsp3) is 0.294. The topological polar surface area (TPSA) is 107 Å². The number of hydrogen-bond acceptors (Lipinski definition) is 5. The summed E-state index contributed by atoms with van der Waals surface area (Å²) in [6, 6.07) is 5.30. The molecule has 2 rings (SSSR count). The van der Waals surface area contributed by atoms with Crippen LogP contribution in [0.2, 0.25) is 0 Å². The molecule has 0 aliphatic carbocycles. The van der Waals surface area contributed by atoms with Crippen LogP contribution >= 0.6 is 0 Å². The third kappa shape index (κ3) is 3.51. The summed E-state index contributed by atoms with van der Waals surface area (Å²) < 4.78 is 1.48. The predicted octanol–water partition coefficient (Wildman–Crippen LogP) is 2.26. The van der Waals surface area contributed by atoms with Gasteiger partial charge in [-0.25, -0.2) is 4.98 Å². The van der Waals surface area contributed by atoms with Crippen molar-refractivity contribution in [2.24, 2.45) is 5.92 Å². The highest BCUT2D eigenvalue weighted by atomic mass is 16.1. The minimum Gasteiger partial charge on any atom is -0.355 e. The number of aromatic nitrogens is 2. The van der Waals surface area contributed by atoms with E-state index in [1.165, 1.54) is 4.57 Å². The van der Waals surface area contributed by atoms with Crippen molar-refractivity contribution in [1.82, 2.24) is 14.9 Å². The van der Waals surface area contributed by atoms with E-state index in [1.54, 1.807) is 31.6 Å². The molecule has 7 heteroatoms. The van der Waals surface area contributed by atoms with Gasteiger partial charge in [0, 0.05) is 36.6 Å². The molecule has 0 aliphatic rings. The van der Waals surface area contributed by atoms with Crippen molar-refractivity contribution in [2.75, 3.05) is 12.4 Å². The van der Waals surface area contributed by atoms with Gasteiger partial charge in [-0.3, -0.25) is 20.2 Å². The molecule has 4 N–H and O–H groups in total. The van der Waals surface area contributed by atoms with Crippen LogP contribution in [-0.4, -0.2) is 28.3 Å². The molecule has 24 heavy (non-hydrogen) atoms. The van der Waals surface area contributed by atoms with Crippen molar-refractivity contribution in [3.63, 3.8) is 0 Å². The Morgan fingerprint density at radius 2 is 2.04 bits per heavy atom. The van der Waals surface area contributed by atoms with Crippen LogP contribution in [0.25, 0.3) is 0 Å². The first-order valence-corrected chi connectivity index (χ1v) is 7.66. The van der Waals surface area contributed by atoms with Crippen LogP contribution in [0.4, 0.5) is 11.5 Å². The Hall–Kier alpha value is -2.96. The van der Waals surface area contributed by atoms with E-state index in [-0.39, 0.29) is 17.3 Å². The fourth-order valence-corrected chi connectivity index (χ4v) is 2.16. The van der Waals surface area contributed by atoms with E-state index in [0.29, 0.717) is 22.9 Å². The Morgan fingerprint density at radius 3 is 2.67 bits per heavy atom. The Morgan fingerprint density at radius 1 is 1.33 bits per heavy atom.